The zero-order chi connectivity index (χ0) is 11.2. The van der Waals surface area contributed by atoms with Gasteiger partial charge in [0.2, 0.25) is 10.0 Å². The fourth-order valence-corrected chi connectivity index (χ4v) is 3.02. The lowest BCUT2D eigenvalue weighted by Crippen LogP contribution is -2.45. The van der Waals surface area contributed by atoms with Crippen molar-refractivity contribution in [2.75, 3.05) is 11.6 Å². The highest BCUT2D eigenvalue weighted by Gasteiger charge is 2.25. The normalized spacial score (nSPS) is 13.1. The van der Waals surface area contributed by atoms with Crippen molar-refractivity contribution in [2.45, 2.75) is 45.6 Å². The first kappa shape index (κ1) is 14.2. The molecule has 0 saturated heterocycles. The summed E-state index contributed by atoms with van der Waals surface area (Å²) in [5.41, 5.74) is -0.314. The van der Waals surface area contributed by atoms with E-state index >= 15 is 0 Å². The highest BCUT2D eigenvalue weighted by atomic mass is 35.5. The first-order valence-corrected chi connectivity index (χ1v) is 7.15. The number of sulfonamides is 1. The van der Waals surface area contributed by atoms with Gasteiger partial charge in [0.25, 0.3) is 0 Å². The third-order valence-electron chi connectivity index (χ3n) is 2.51. The minimum absolute atomic E-state index is 0.117. The molecule has 0 unspecified atom stereocenters. The monoisotopic (exact) mass is 241 g/mol. The van der Waals surface area contributed by atoms with Crippen LogP contribution in [-0.4, -0.2) is 25.6 Å². The molecule has 0 saturated carbocycles. The molecule has 0 rings (SSSR count). The van der Waals surface area contributed by atoms with Gasteiger partial charge in [-0.2, -0.15) is 0 Å². The molecule has 0 amide bonds. The molecule has 0 atom stereocenters. The molecule has 0 heterocycles. The average molecular weight is 242 g/mol. The van der Waals surface area contributed by atoms with E-state index in [-0.39, 0.29) is 11.3 Å². The van der Waals surface area contributed by atoms with Gasteiger partial charge in [-0.15, -0.1) is 11.6 Å². The smallest absolute Gasteiger partial charge is 0.212 e. The minimum Gasteiger partial charge on any atom is -0.212 e. The first-order chi connectivity index (χ1) is 6.39. The summed E-state index contributed by atoms with van der Waals surface area (Å²) in [6.45, 7) is 5.88. The summed E-state index contributed by atoms with van der Waals surface area (Å²) in [6.07, 6.45) is 2.09. The van der Waals surface area contributed by atoms with Gasteiger partial charge in [-0.05, 0) is 26.2 Å². The molecule has 86 valence electrons. The zero-order valence-corrected chi connectivity index (χ0v) is 10.7. The Morgan fingerprint density at radius 3 is 2.14 bits per heavy atom. The quantitative estimate of drug-likeness (QED) is 0.694. The summed E-state index contributed by atoms with van der Waals surface area (Å²) in [4.78, 5) is 0. The van der Waals surface area contributed by atoms with Gasteiger partial charge in [-0.1, -0.05) is 13.8 Å². The van der Waals surface area contributed by atoms with Gasteiger partial charge < -0.3 is 0 Å². The lowest BCUT2D eigenvalue weighted by molar-refractivity contribution is 0.388. The van der Waals surface area contributed by atoms with Gasteiger partial charge in [-0.25, -0.2) is 13.1 Å². The van der Waals surface area contributed by atoms with Crippen molar-refractivity contribution in [2.24, 2.45) is 0 Å². The van der Waals surface area contributed by atoms with Crippen molar-refractivity contribution in [3.63, 3.8) is 0 Å². The highest BCUT2D eigenvalue weighted by Crippen LogP contribution is 2.15. The second-order valence-electron chi connectivity index (χ2n) is 3.73. The van der Waals surface area contributed by atoms with Crippen molar-refractivity contribution in [1.82, 2.24) is 4.72 Å². The molecule has 0 bridgehead atoms. The van der Waals surface area contributed by atoms with Gasteiger partial charge >= 0.3 is 0 Å². The number of rotatable bonds is 7. The van der Waals surface area contributed by atoms with E-state index in [1.807, 2.05) is 20.8 Å². The Hall–Kier alpha value is 0.200. The molecule has 1 N–H and O–H groups in total. The predicted molar refractivity (Wildman–Crippen MR) is 61.2 cm³/mol. The van der Waals surface area contributed by atoms with E-state index in [0.717, 1.165) is 12.8 Å². The van der Waals surface area contributed by atoms with Gasteiger partial charge in [0.1, 0.15) is 0 Å². The standard InChI is InChI=1S/C9H20ClNO2S/c1-4-9(3,5-2)11-14(12,13)8-6-7-10/h11H,4-8H2,1-3H3. The van der Waals surface area contributed by atoms with Crippen molar-refractivity contribution >= 4 is 21.6 Å². The van der Waals surface area contributed by atoms with E-state index in [4.69, 9.17) is 11.6 Å². The second kappa shape index (κ2) is 5.93. The van der Waals surface area contributed by atoms with Gasteiger partial charge in [0.15, 0.2) is 0 Å². The molecule has 0 aliphatic rings. The van der Waals surface area contributed by atoms with Crippen LogP contribution < -0.4 is 4.72 Å². The molecular formula is C9H20ClNO2S. The number of halogens is 1. The molecule has 0 aliphatic heterocycles. The summed E-state index contributed by atoms with van der Waals surface area (Å²) >= 11 is 5.45. The Labute approximate surface area is 92.3 Å². The van der Waals surface area contributed by atoms with E-state index in [1.165, 1.54) is 0 Å². The molecule has 5 heteroatoms. The Balaban J connectivity index is 4.33. The third kappa shape index (κ3) is 5.17. The molecule has 0 spiro atoms. The lowest BCUT2D eigenvalue weighted by atomic mass is 9.98. The number of hydrogen-bond donors (Lipinski definition) is 1. The minimum atomic E-state index is -3.16. The topological polar surface area (TPSA) is 46.2 Å². The fraction of sp³-hybridized carbons (Fsp3) is 1.00. The largest absolute Gasteiger partial charge is 0.212 e. The van der Waals surface area contributed by atoms with Crippen LogP contribution in [-0.2, 0) is 10.0 Å². The van der Waals surface area contributed by atoms with Crippen LogP contribution in [0.15, 0.2) is 0 Å². The van der Waals surface area contributed by atoms with Crippen LogP contribution >= 0.6 is 11.6 Å². The molecule has 0 aromatic rings. The van der Waals surface area contributed by atoms with Crippen molar-refractivity contribution in [3.8, 4) is 0 Å². The Morgan fingerprint density at radius 1 is 1.29 bits per heavy atom. The van der Waals surface area contributed by atoms with E-state index < -0.39 is 10.0 Å². The van der Waals surface area contributed by atoms with Crippen LogP contribution in [0.5, 0.6) is 0 Å². The lowest BCUT2D eigenvalue weighted by Gasteiger charge is -2.27. The van der Waals surface area contributed by atoms with E-state index in [9.17, 15) is 8.42 Å². The van der Waals surface area contributed by atoms with E-state index in [0.29, 0.717) is 12.3 Å². The van der Waals surface area contributed by atoms with Crippen molar-refractivity contribution in [1.29, 1.82) is 0 Å². The van der Waals surface area contributed by atoms with Crippen LogP contribution in [0.3, 0.4) is 0 Å². The summed E-state index contributed by atoms with van der Waals surface area (Å²) in [7, 11) is -3.16. The second-order valence-corrected chi connectivity index (χ2v) is 5.95. The maximum absolute atomic E-state index is 11.6. The summed E-state index contributed by atoms with van der Waals surface area (Å²) in [5.74, 6) is 0.502. The first-order valence-electron chi connectivity index (χ1n) is 4.96. The van der Waals surface area contributed by atoms with Crippen LogP contribution in [0.2, 0.25) is 0 Å². The molecule has 0 aliphatic carbocycles. The fourth-order valence-electron chi connectivity index (χ4n) is 1.07. The molecule has 0 aromatic carbocycles. The number of alkyl halides is 1. The van der Waals surface area contributed by atoms with Crippen LogP contribution in [0.1, 0.15) is 40.0 Å². The SMILES string of the molecule is CCC(C)(CC)NS(=O)(=O)CCCCl. The van der Waals surface area contributed by atoms with Crippen LogP contribution in [0, 0.1) is 0 Å². The molecule has 0 aromatic heterocycles. The third-order valence-corrected chi connectivity index (χ3v) is 4.41. The van der Waals surface area contributed by atoms with Crippen LogP contribution in [0.25, 0.3) is 0 Å². The van der Waals surface area contributed by atoms with Gasteiger partial charge in [-0.3, -0.25) is 0 Å². The van der Waals surface area contributed by atoms with E-state index in [1.54, 1.807) is 0 Å². The summed E-state index contributed by atoms with van der Waals surface area (Å²) in [5, 5.41) is 0. The molecular weight excluding hydrogens is 222 g/mol. The maximum Gasteiger partial charge on any atom is 0.212 e. The average Bonchev–Trinajstić information content (AvgIpc) is 2.14. The van der Waals surface area contributed by atoms with Crippen molar-refractivity contribution in [3.05, 3.63) is 0 Å². The molecule has 0 fully saturated rings. The molecule has 3 nitrogen and oxygen atoms in total. The Bertz CT molecular complexity index is 248. The molecule has 0 radical (unpaired) electrons. The van der Waals surface area contributed by atoms with E-state index in [2.05, 4.69) is 4.72 Å². The summed E-state index contributed by atoms with van der Waals surface area (Å²) in [6, 6.07) is 0. The predicted octanol–water partition coefficient (Wildman–Crippen LogP) is 2.11. The van der Waals surface area contributed by atoms with Crippen molar-refractivity contribution < 1.29 is 8.42 Å². The Morgan fingerprint density at radius 2 is 1.79 bits per heavy atom. The van der Waals surface area contributed by atoms with Crippen LogP contribution in [0.4, 0.5) is 0 Å². The molecule has 14 heavy (non-hydrogen) atoms. The highest BCUT2D eigenvalue weighted by molar-refractivity contribution is 7.89. The summed E-state index contributed by atoms with van der Waals surface area (Å²) < 4.78 is 25.8. The maximum atomic E-state index is 11.6. The number of nitrogens with one attached hydrogen (secondary N) is 1. The Kier molecular flexibility index (Phi) is 6.02. The van der Waals surface area contributed by atoms with Gasteiger partial charge in [0.05, 0.1) is 5.75 Å². The number of hydrogen-bond acceptors (Lipinski definition) is 2. The van der Waals surface area contributed by atoms with Gasteiger partial charge in [0, 0.05) is 11.4 Å². The zero-order valence-electron chi connectivity index (χ0n) is 9.14.